The molecule has 0 unspecified atom stereocenters. The maximum Gasteiger partial charge on any atom is 0.238 e. The Balaban J connectivity index is 1.49. The average molecular weight is 426 g/mol. The van der Waals surface area contributed by atoms with Crippen LogP contribution in [-0.2, 0) is 4.79 Å². The van der Waals surface area contributed by atoms with Gasteiger partial charge < -0.3 is 14.8 Å². The lowest BCUT2D eigenvalue weighted by Gasteiger charge is -2.18. The van der Waals surface area contributed by atoms with Crippen LogP contribution in [0.2, 0.25) is 0 Å². The molecular weight excluding hydrogens is 407 g/mol. The number of amides is 1. The summed E-state index contributed by atoms with van der Waals surface area (Å²) in [6, 6.07) is 12.9. The minimum absolute atomic E-state index is 0.00820. The van der Waals surface area contributed by atoms with Gasteiger partial charge in [0, 0.05) is 16.5 Å². The predicted octanol–water partition coefficient (Wildman–Crippen LogP) is 4.14. The van der Waals surface area contributed by atoms with E-state index >= 15 is 0 Å². The first-order valence-electron chi connectivity index (χ1n) is 9.28. The molecule has 4 rings (SSSR count). The largest absolute Gasteiger partial charge is 0.454 e. The van der Waals surface area contributed by atoms with Crippen molar-refractivity contribution in [1.82, 2.24) is 5.32 Å². The molecule has 154 valence electrons. The van der Waals surface area contributed by atoms with E-state index in [2.05, 4.69) is 10.6 Å². The predicted molar refractivity (Wildman–Crippen MR) is 112 cm³/mol. The van der Waals surface area contributed by atoms with Gasteiger partial charge in [-0.05, 0) is 42.1 Å². The topological polar surface area (TPSA) is 76.7 Å². The van der Waals surface area contributed by atoms with Crippen LogP contribution in [0.15, 0.2) is 53.9 Å². The molecule has 8 heteroatoms. The second-order valence-electron chi connectivity index (χ2n) is 6.74. The molecule has 0 saturated carbocycles. The molecule has 3 aromatic rings. The Morgan fingerprint density at radius 1 is 1.13 bits per heavy atom. The van der Waals surface area contributed by atoms with Crippen LogP contribution in [0.25, 0.3) is 0 Å². The van der Waals surface area contributed by atoms with Gasteiger partial charge in [0.1, 0.15) is 5.82 Å². The summed E-state index contributed by atoms with van der Waals surface area (Å²) in [5, 5.41) is 7.93. The molecule has 2 aromatic carbocycles. The summed E-state index contributed by atoms with van der Waals surface area (Å²) in [5.41, 5.74) is 1.56. The molecule has 6 nitrogen and oxygen atoms in total. The number of hydrogen-bond acceptors (Lipinski definition) is 6. The molecule has 1 aromatic heterocycles. The number of hydrogen-bond donors (Lipinski definition) is 2. The number of ether oxygens (including phenoxy) is 2. The van der Waals surface area contributed by atoms with Crippen LogP contribution in [0.4, 0.5) is 10.1 Å². The SMILES string of the molecule is CC(=O)c1cc2c(cc1NC(=O)CN[C@@H](c1ccc(F)cc1)c1cccs1)OCO2. The number of anilines is 1. The molecule has 30 heavy (non-hydrogen) atoms. The Morgan fingerprint density at radius 2 is 1.87 bits per heavy atom. The summed E-state index contributed by atoms with van der Waals surface area (Å²) in [6.07, 6.45) is 0. The molecule has 1 aliphatic heterocycles. The first kappa shape index (κ1) is 20.1. The van der Waals surface area contributed by atoms with E-state index in [0.29, 0.717) is 22.7 Å². The fourth-order valence-electron chi connectivity index (χ4n) is 3.22. The molecule has 2 heterocycles. The summed E-state index contributed by atoms with van der Waals surface area (Å²) in [6.45, 7) is 1.49. The van der Waals surface area contributed by atoms with Gasteiger partial charge in [0.2, 0.25) is 12.7 Å². The van der Waals surface area contributed by atoms with Crippen LogP contribution in [0.3, 0.4) is 0 Å². The van der Waals surface area contributed by atoms with Crippen molar-refractivity contribution in [3.05, 3.63) is 75.7 Å². The van der Waals surface area contributed by atoms with Crippen molar-refractivity contribution in [3.8, 4) is 11.5 Å². The molecule has 2 N–H and O–H groups in total. The smallest absolute Gasteiger partial charge is 0.238 e. The summed E-state index contributed by atoms with van der Waals surface area (Å²) in [7, 11) is 0. The third-order valence-electron chi connectivity index (χ3n) is 4.66. The van der Waals surface area contributed by atoms with Crippen molar-refractivity contribution in [1.29, 1.82) is 0 Å². The van der Waals surface area contributed by atoms with Crippen LogP contribution >= 0.6 is 11.3 Å². The highest BCUT2D eigenvalue weighted by Gasteiger charge is 2.21. The van der Waals surface area contributed by atoms with Gasteiger partial charge in [-0.2, -0.15) is 0 Å². The first-order chi connectivity index (χ1) is 14.5. The Labute approximate surface area is 176 Å². The number of ketones is 1. The summed E-state index contributed by atoms with van der Waals surface area (Å²) < 4.78 is 24.0. The van der Waals surface area contributed by atoms with Gasteiger partial charge in [-0.3, -0.25) is 14.9 Å². The number of Topliss-reactive ketones (excluding diaryl/α,β-unsaturated/α-hetero) is 1. The highest BCUT2D eigenvalue weighted by molar-refractivity contribution is 7.10. The summed E-state index contributed by atoms with van der Waals surface area (Å²) in [4.78, 5) is 25.6. The van der Waals surface area contributed by atoms with Crippen LogP contribution in [-0.4, -0.2) is 25.0 Å². The van der Waals surface area contributed by atoms with Crippen molar-refractivity contribution in [2.24, 2.45) is 0 Å². The van der Waals surface area contributed by atoms with E-state index < -0.39 is 0 Å². The van der Waals surface area contributed by atoms with Crippen LogP contribution in [0.1, 0.15) is 33.8 Å². The zero-order chi connectivity index (χ0) is 21.1. The molecule has 0 bridgehead atoms. The number of fused-ring (bicyclic) bond motifs is 1. The average Bonchev–Trinajstić information content (AvgIpc) is 3.40. The van der Waals surface area contributed by atoms with Crippen molar-refractivity contribution in [2.75, 3.05) is 18.7 Å². The van der Waals surface area contributed by atoms with Gasteiger partial charge in [0.25, 0.3) is 0 Å². The molecule has 1 atom stereocenters. The molecule has 0 aliphatic carbocycles. The third-order valence-corrected chi connectivity index (χ3v) is 5.60. The van der Waals surface area contributed by atoms with Gasteiger partial charge >= 0.3 is 0 Å². The highest BCUT2D eigenvalue weighted by atomic mass is 32.1. The molecule has 1 amide bonds. The lowest BCUT2D eigenvalue weighted by Crippen LogP contribution is -2.32. The number of rotatable bonds is 7. The van der Waals surface area contributed by atoms with E-state index in [1.54, 1.807) is 35.6 Å². The Morgan fingerprint density at radius 3 is 2.53 bits per heavy atom. The van der Waals surface area contributed by atoms with Crippen LogP contribution < -0.4 is 20.1 Å². The minimum atomic E-state index is -0.319. The number of carbonyl (C=O) groups is 2. The van der Waals surface area contributed by atoms with E-state index in [0.717, 1.165) is 10.4 Å². The quantitative estimate of drug-likeness (QED) is 0.556. The number of thiophene rings is 1. The molecule has 0 fully saturated rings. The number of nitrogens with one attached hydrogen (secondary N) is 2. The van der Waals surface area contributed by atoms with E-state index in [9.17, 15) is 14.0 Å². The van der Waals surface area contributed by atoms with E-state index in [4.69, 9.17) is 9.47 Å². The van der Waals surface area contributed by atoms with Gasteiger partial charge in [0.15, 0.2) is 17.3 Å². The molecule has 0 saturated heterocycles. The Hall–Kier alpha value is -3.23. The Kier molecular flexibility index (Phi) is 5.78. The number of benzene rings is 2. The fraction of sp³-hybridized carbons (Fsp3) is 0.182. The van der Waals surface area contributed by atoms with Gasteiger partial charge in [-0.25, -0.2) is 4.39 Å². The third kappa shape index (κ3) is 4.34. The number of halogens is 1. The van der Waals surface area contributed by atoms with Crippen LogP contribution in [0.5, 0.6) is 11.5 Å². The van der Waals surface area contributed by atoms with Crippen molar-refractivity contribution in [2.45, 2.75) is 13.0 Å². The zero-order valence-corrected chi connectivity index (χ0v) is 16.9. The monoisotopic (exact) mass is 426 g/mol. The maximum atomic E-state index is 13.3. The second-order valence-corrected chi connectivity index (χ2v) is 7.72. The lowest BCUT2D eigenvalue weighted by molar-refractivity contribution is -0.115. The summed E-state index contributed by atoms with van der Waals surface area (Å²) >= 11 is 1.54. The Bertz CT molecular complexity index is 1070. The highest BCUT2D eigenvalue weighted by Crippen LogP contribution is 2.37. The van der Waals surface area contributed by atoms with E-state index in [-0.39, 0.29) is 36.9 Å². The minimum Gasteiger partial charge on any atom is -0.454 e. The van der Waals surface area contributed by atoms with Gasteiger partial charge in [-0.15, -0.1) is 11.3 Å². The van der Waals surface area contributed by atoms with Crippen molar-refractivity contribution < 1.29 is 23.5 Å². The standard InChI is InChI=1S/C22H19FN2O4S/c1-13(26)16-9-18-19(29-12-28-18)10-17(16)25-21(27)11-24-22(20-3-2-8-30-20)14-4-6-15(23)7-5-14/h2-10,22,24H,11-12H2,1H3,(H,25,27)/t22-/m0/s1. The molecule has 0 radical (unpaired) electrons. The van der Waals surface area contributed by atoms with Crippen molar-refractivity contribution in [3.63, 3.8) is 0 Å². The van der Waals surface area contributed by atoms with E-state index in [1.165, 1.54) is 19.1 Å². The second kappa shape index (κ2) is 8.64. The zero-order valence-electron chi connectivity index (χ0n) is 16.1. The first-order valence-corrected chi connectivity index (χ1v) is 10.2. The number of carbonyl (C=O) groups excluding carboxylic acids is 2. The summed E-state index contributed by atoms with van der Waals surface area (Å²) in [5.74, 6) is 0.122. The maximum absolute atomic E-state index is 13.3. The van der Waals surface area contributed by atoms with Crippen molar-refractivity contribution >= 4 is 28.7 Å². The molecule has 1 aliphatic rings. The fourth-order valence-corrected chi connectivity index (χ4v) is 4.05. The normalized spacial score (nSPS) is 13.1. The van der Waals surface area contributed by atoms with E-state index in [1.807, 2.05) is 17.5 Å². The molecular formula is C22H19FN2O4S. The lowest BCUT2D eigenvalue weighted by atomic mass is 10.1. The van der Waals surface area contributed by atoms with Gasteiger partial charge in [0.05, 0.1) is 18.3 Å². The van der Waals surface area contributed by atoms with Gasteiger partial charge in [-0.1, -0.05) is 18.2 Å². The molecule has 0 spiro atoms. The van der Waals surface area contributed by atoms with Crippen LogP contribution in [0, 0.1) is 5.82 Å².